The first-order valence-electron chi connectivity index (χ1n) is 10.4. The van der Waals surface area contributed by atoms with Crippen molar-refractivity contribution < 1.29 is 14.3 Å². The van der Waals surface area contributed by atoms with Crippen molar-refractivity contribution in [3.8, 4) is 0 Å². The lowest BCUT2D eigenvalue weighted by atomic mass is 9.94. The highest BCUT2D eigenvalue weighted by Gasteiger charge is 2.27. The van der Waals surface area contributed by atoms with Crippen LogP contribution in [0, 0.1) is 0 Å². The Morgan fingerprint density at radius 2 is 1.90 bits per heavy atom. The second-order valence-electron chi connectivity index (χ2n) is 7.78. The van der Waals surface area contributed by atoms with Crippen molar-refractivity contribution in [2.75, 3.05) is 39.4 Å². The van der Waals surface area contributed by atoms with E-state index in [9.17, 15) is 9.59 Å². The molecule has 2 fully saturated rings. The summed E-state index contributed by atoms with van der Waals surface area (Å²) in [4.78, 5) is 29.0. The van der Waals surface area contributed by atoms with Crippen LogP contribution in [0.1, 0.15) is 46.9 Å². The molecule has 1 aromatic carbocycles. The largest absolute Gasteiger partial charge is 0.378 e. The highest BCUT2D eigenvalue weighted by Crippen LogP contribution is 2.27. The molecule has 0 radical (unpaired) electrons. The van der Waals surface area contributed by atoms with Crippen molar-refractivity contribution in [1.29, 1.82) is 0 Å². The summed E-state index contributed by atoms with van der Waals surface area (Å²) in [5.41, 5.74) is 2.59. The average molecular weight is 396 g/mol. The van der Waals surface area contributed by atoms with Crippen LogP contribution in [-0.4, -0.2) is 71.2 Å². The first kappa shape index (κ1) is 19.6. The van der Waals surface area contributed by atoms with Crippen LogP contribution in [0.4, 0.5) is 0 Å². The number of morpholine rings is 1. The summed E-state index contributed by atoms with van der Waals surface area (Å²) in [5.74, 6) is 0.341. The first-order chi connectivity index (χ1) is 14.2. The van der Waals surface area contributed by atoms with E-state index in [1.165, 1.54) is 5.56 Å². The standard InChI is InChI=1S/C22H28N4O3/c27-21(9-8-17-5-2-1-3-6-17)26-10-4-7-18(16-26)19-15-20(24-23-19)22(28)25-11-13-29-14-12-25/h1-3,5-6,15,18H,4,7-14,16H2,(H,23,24)/t18-/m0/s1. The van der Waals surface area contributed by atoms with Crippen LogP contribution in [0.15, 0.2) is 36.4 Å². The molecular weight excluding hydrogens is 368 g/mol. The van der Waals surface area contributed by atoms with Crippen LogP contribution in [-0.2, 0) is 16.0 Å². The maximum atomic E-state index is 12.7. The summed E-state index contributed by atoms with van der Waals surface area (Å²) in [7, 11) is 0. The van der Waals surface area contributed by atoms with Crippen LogP contribution in [0.2, 0.25) is 0 Å². The maximum Gasteiger partial charge on any atom is 0.274 e. The molecule has 2 aliphatic rings. The van der Waals surface area contributed by atoms with E-state index in [4.69, 9.17) is 4.74 Å². The average Bonchev–Trinajstić information content (AvgIpc) is 3.29. The Balaban J connectivity index is 1.34. The molecule has 4 rings (SSSR count). The van der Waals surface area contributed by atoms with Gasteiger partial charge in [-0.25, -0.2) is 0 Å². The number of aryl methyl sites for hydroxylation is 1. The van der Waals surface area contributed by atoms with E-state index in [0.29, 0.717) is 45.0 Å². The number of rotatable bonds is 5. The summed E-state index contributed by atoms with van der Waals surface area (Å²) in [6, 6.07) is 12.0. The van der Waals surface area contributed by atoms with Gasteiger partial charge < -0.3 is 14.5 Å². The van der Waals surface area contributed by atoms with Gasteiger partial charge in [-0.2, -0.15) is 5.10 Å². The Bertz CT molecular complexity index is 830. The number of aromatic amines is 1. The van der Waals surface area contributed by atoms with Gasteiger partial charge in [-0.3, -0.25) is 14.7 Å². The van der Waals surface area contributed by atoms with E-state index in [2.05, 4.69) is 22.3 Å². The van der Waals surface area contributed by atoms with Crippen molar-refractivity contribution >= 4 is 11.8 Å². The zero-order chi connectivity index (χ0) is 20.1. The summed E-state index contributed by atoms with van der Waals surface area (Å²) < 4.78 is 5.31. The molecule has 1 atom stereocenters. The quantitative estimate of drug-likeness (QED) is 0.841. The fraction of sp³-hybridized carbons (Fsp3) is 0.500. The van der Waals surface area contributed by atoms with Crippen molar-refractivity contribution in [3.63, 3.8) is 0 Å². The lowest BCUT2D eigenvalue weighted by Gasteiger charge is -2.32. The summed E-state index contributed by atoms with van der Waals surface area (Å²) in [5, 5.41) is 7.30. The first-order valence-corrected chi connectivity index (χ1v) is 10.4. The van der Waals surface area contributed by atoms with E-state index < -0.39 is 0 Å². The molecule has 2 aliphatic heterocycles. The molecule has 0 saturated carbocycles. The van der Waals surface area contributed by atoms with E-state index in [1.807, 2.05) is 29.2 Å². The van der Waals surface area contributed by atoms with E-state index >= 15 is 0 Å². The number of hydrogen-bond acceptors (Lipinski definition) is 4. The highest BCUT2D eigenvalue weighted by atomic mass is 16.5. The molecule has 154 valence electrons. The van der Waals surface area contributed by atoms with Crippen molar-refractivity contribution in [1.82, 2.24) is 20.0 Å². The number of piperidine rings is 1. The minimum Gasteiger partial charge on any atom is -0.378 e. The van der Waals surface area contributed by atoms with Crippen LogP contribution in [0.5, 0.6) is 0 Å². The van der Waals surface area contributed by atoms with Gasteiger partial charge in [-0.1, -0.05) is 30.3 Å². The van der Waals surface area contributed by atoms with Gasteiger partial charge in [0.25, 0.3) is 5.91 Å². The Labute approximate surface area is 171 Å². The van der Waals surface area contributed by atoms with Gasteiger partial charge in [0.05, 0.1) is 13.2 Å². The number of carbonyl (C=O) groups excluding carboxylic acids is 2. The number of ether oxygens (including phenoxy) is 1. The second kappa shape index (κ2) is 9.22. The molecule has 2 aromatic rings. The van der Waals surface area contributed by atoms with Crippen LogP contribution in [0.25, 0.3) is 0 Å². The minimum absolute atomic E-state index is 0.0533. The number of H-pyrrole nitrogens is 1. The highest BCUT2D eigenvalue weighted by molar-refractivity contribution is 5.92. The van der Waals surface area contributed by atoms with E-state index in [1.54, 1.807) is 4.90 Å². The van der Waals surface area contributed by atoms with Crippen molar-refractivity contribution in [2.24, 2.45) is 0 Å². The predicted molar refractivity (Wildman–Crippen MR) is 109 cm³/mol. The van der Waals surface area contributed by atoms with Crippen molar-refractivity contribution in [2.45, 2.75) is 31.6 Å². The molecule has 2 amide bonds. The van der Waals surface area contributed by atoms with Gasteiger partial charge in [-0.05, 0) is 30.9 Å². The Hall–Kier alpha value is -2.67. The lowest BCUT2D eigenvalue weighted by molar-refractivity contribution is -0.132. The maximum absolute atomic E-state index is 12.7. The van der Waals surface area contributed by atoms with Gasteiger partial charge in [0, 0.05) is 44.2 Å². The van der Waals surface area contributed by atoms with Gasteiger partial charge in [0.15, 0.2) is 0 Å². The number of nitrogens with one attached hydrogen (secondary N) is 1. The molecule has 29 heavy (non-hydrogen) atoms. The summed E-state index contributed by atoms with van der Waals surface area (Å²) in [6.07, 6.45) is 3.26. The molecule has 3 heterocycles. The third-order valence-electron chi connectivity index (χ3n) is 5.80. The third-order valence-corrected chi connectivity index (χ3v) is 5.80. The van der Waals surface area contributed by atoms with Gasteiger partial charge in [0.1, 0.15) is 5.69 Å². The van der Waals surface area contributed by atoms with Gasteiger partial charge >= 0.3 is 0 Å². The zero-order valence-electron chi connectivity index (χ0n) is 16.7. The predicted octanol–water partition coefficient (Wildman–Crippen LogP) is 2.22. The smallest absolute Gasteiger partial charge is 0.274 e. The SMILES string of the molecule is O=C(CCc1ccccc1)N1CCC[C@H](c2cc(C(=O)N3CCOCC3)n[nH]2)C1. The minimum atomic E-state index is -0.0533. The van der Waals surface area contributed by atoms with E-state index in [-0.39, 0.29) is 17.7 Å². The number of benzene rings is 1. The summed E-state index contributed by atoms with van der Waals surface area (Å²) >= 11 is 0. The molecular formula is C22H28N4O3. The normalized spacial score (nSPS) is 19.9. The lowest BCUT2D eigenvalue weighted by Crippen LogP contribution is -2.40. The van der Waals surface area contributed by atoms with Gasteiger partial charge in [-0.15, -0.1) is 0 Å². The third kappa shape index (κ3) is 4.85. The molecule has 0 spiro atoms. The van der Waals surface area contributed by atoms with Crippen LogP contribution in [0.3, 0.4) is 0 Å². The molecule has 0 unspecified atom stereocenters. The Morgan fingerprint density at radius 1 is 1.10 bits per heavy atom. The topological polar surface area (TPSA) is 78.5 Å². The Kier molecular flexibility index (Phi) is 6.24. The molecule has 7 nitrogen and oxygen atoms in total. The van der Waals surface area contributed by atoms with E-state index in [0.717, 1.165) is 31.5 Å². The zero-order valence-corrected chi connectivity index (χ0v) is 16.7. The number of carbonyl (C=O) groups is 2. The van der Waals surface area contributed by atoms with Crippen LogP contribution >= 0.6 is 0 Å². The molecule has 1 N–H and O–H groups in total. The number of likely N-dealkylation sites (tertiary alicyclic amines) is 1. The fourth-order valence-electron chi connectivity index (χ4n) is 4.10. The second-order valence-corrected chi connectivity index (χ2v) is 7.78. The summed E-state index contributed by atoms with van der Waals surface area (Å²) in [6.45, 7) is 3.85. The number of hydrogen-bond donors (Lipinski definition) is 1. The molecule has 0 bridgehead atoms. The number of amides is 2. The molecule has 1 aromatic heterocycles. The molecule has 0 aliphatic carbocycles. The monoisotopic (exact) mass is 396 g/mol. The molecule has 2 saturated heterocycles. The number of nitrogens with zero attached hydrogens (tertiary/aromatic N) is 3. The Morgan fingerprint density at radius 3 is 2.69 bits per heavy atom. The fourth-order valence-corrected chi connectivity index (χ4v) is 4.10. The molecule has 7 heteroatoms. The van der Waals surface area contributed by atoms with Crippen molar-refractivity contribution in [3.05, 3.63) is 53.3 Å². The van der Waals surface area contributed by atoms with Gasteiger partial charge in [0.2, 0.25) is 5.91 Å². The number of aromatic nitrogens is 2. The van der Waals surface area contributed by atoms with Crippen LogP contribution < -0.4 is 0 Å².